The van der Waals surface area contributed by atoms with Crippen molar-refractivity contribution in [3.63, 3.8) is 0 Å². The van der Waals surface area contributed by atoms with Crippen LogP contribution >= 0.6 is 0 Å². The van der Waals surface area contributed by atoms with Gasteiger partial charge in [-0.15, -0.1) is 0 Å². The summed E-state index contributed by atoms with van der Waals surface area (Å²) in [5.41, 5.74) is 0. The topological polar surface area (TPSA) is 0 Å². The van der Waals surface area contributed by atoms with E-state index in [4.69, 9.17) is 0 Å². The third-order valence-corrected chi connectivity index (χ3v) is 2.17. The van der Waals surface area contributed by atoms with Crippen LogP contribution in [-0.4, -0.2) is 0 Å². The SMILES string of the molecule is [CH2]CC/C=C/CCC/C=C\CCCC. The quantitative estimate of drug-likeness (QED) is 0.354. The van der Waals surface area contributed by atoms with E-state index in [1.54, 1.807) is 0 Å². The number of hydrogen-bond donors (Lipinski definition) is 0. The van der Waals surface area contributed by atoms with Crippen LogP contribution in [0.3, 0.4) is 0 Å². The van der Waals surface area contributed by atoms with Gasteiger partial charge in [-0.3, -0.25) is 0 Å². The maximum atomic E-state index is 3.80. The second kappa shape index (κ2) is 12.5. The van der Waals surface area contributed by atoms with Gasteiger partial charge in [-0.25, -0.2) is 0 Å². The molecule has 0 aromatic heterocycles. The summed E-state index contributed by atoms with van der Waals surface area (Å²) in [5, 5.41) is 0. The normalized spacial score (nSPS) is 11.9. The Hall–Kier alpha value is -0.520. The van der Waals surface area contributed by atoms with Gasteiger partial charge in [0, 0.05) is 0 Å². The fourth-order valence-corrected chi connectivity index (χ4v) is 1.26. The molecule has 0 atom stereocenters. The minimum atomic E-state index is 1.02. The van der Waals surface area contributed by atoms with Crippen LogP contribution in [0.1, 0.15) is 58.3 Å². The first-order valence-electron chi connectivity index (χ1n) is 6.01. The molecule has 14 heavy (non-hydrogen) atoms. The third kappa shape index (κ3) is 11.5. The monoisotopic (exact) mass is 193 g/mol. The number of unbranched alkanes of at least 4 members (excludes halogenated alkanes) is 5. The Bertz CT molecular complexity index is 142. The van der Waals surface area contributed by atoms with Gasteiger partial charge in [0.25, 0.3) is 0 Å². The smallest absolute Gasteiger partial charge is 0.0348 e. The van der Waals surface area contributed by atoms with Crippen LogP contribution in [0.5, 0.6) is 0 Å². The molecule has 0 rings (SSSR count). The van der Waals surface area contributed by atoms with E-state index in [9.17, 15) is 0 Å². The van der Waals surface area contributed by atoms with Crippen molar-refractivity contribution in [2.45, 2.75) is 58.3 Å². The Kier molecular flexibility index (Phi) is 12.0. The molecule has 0 nitrogen and oxygen atoms in total. The molecular formula is C14H25. The second-order valence-corrected chi connectivity index (χ2v) is 3.66. The van der Waals surface area contributed by atoms with Gasteiger partial charge in [-0.1, -0.05) is 51.0 Å². The fraction of sp³-hybridized carbons (Fsp3) is 0.643. The van der Waals surface area contributed by atoms with Crippen LogP contribution in [0.4, 0.5) is 0 Å². The summed E-state index contributed by atoms with van der Waals surface area (Å²) in [6.07, 6.45) is 19.0. The molecule has 0 fully saturated rings. The Labute approximate surface area is 90.1 Å². The summed E-state index contributed by atoms with van der Waals surface area (Å²) < 4.78 is 0. The Balaban J connectivity index is 3.08. The summed E-state index contributed by atoms with van der Waals surface area (Å²) >= 11 is 0. The van der Waals surface area contributed by atoms with Crippen molar-refractivity contribution in [2.24, 2.45) is 0 Å². The molecule has 0 spiro atoms. The van der Waals surface area contributed by atoms with E-state index in [1.165, 1.54) is 38.5 Å². The van der Waals surface area contributed by atoms with Crippen LogP contribution < -0.4 is 0 Å². The maximum absolute atomic E-state index is 3.80. The van der Waals surface area contributed by atoms with Gasteiger partial charge >= 0.3 is 0 Å². The summed E-state index contributed by atoms with van der Waals surface area (Å²) in [6, 6.07) is 0. The van der Waals surface area contributed by atoms with Crippen LogP contribution in [0.2, 0.25) is 0 Å². The Morgan fingerprint density at radius 3 is 1.79 bits per heavy atom. The van der Waals surface area contributed by atoms with E-state index in [1.807, 2.05) is 0 Å². The van der Waals surface area contributed by atoms with Gasteiger partial charge in [0.2, 0.25) is 0 Å². The zero-order chi connectivity index (χ0) is 10.5. The molecular weight excluding hydrogens is 168 g/mol. The van der Waals surface area contributed by atoms with Crippen molar-refractivity contribution in [1.29, 1.82) is 0 Å². The second-order valence-electron chi connectivity index (χ2n) is 3.66. The summed E-state index contributed by atoms with van der Waals surface area (Å²) in [7, 11) is 0. The van der Waals surface area contributed by atoms with Crippen LogP contribution in [0.25, 0.3) is 0 Å². The summed E-state index contributed by atoms with van der Waals surface area (Å²) in [6.45, 7) is 6.04. The lowest BCUT2D eigenvalue weighted by atomic mass is 10.2. The zero-order valence-electron chi connectivity index (χ0n) is 9.67. The van der Waals surface area contributed by atoms with Gasteiger partial charge in [-0.2, -0.15) is 0 Å². The molecule has 0 heterocycles. The van der Waals surface area contributed by atoms with Crippen molar-refractivity contribution in [3.05, 3.63) is 31.2 Å². The van der Waals surface area contributed by atoms with E-state index in [0.717, 1.165) is 12.8 Å². The van der Waals surface area contributed by atoms with Crippen molar-refractivity contribution < 1.29 is 0 Å². The summed E-state index contributed by atoms with van der Waals surface area (Å²) in [5.74, 6) is 0. The molecule has 0 bridgehead atoms. The van der Waals surface area contributed by atoms with Gasteiger partial charge in [0.1, 0.15) is 0 Å². The van der Waals surface area contributed by atoms with Crippen molar-refractivity contribution in [2.75, 3.05) is 0 Å². The molecule has 0 heteroatoms. The first kappa shape index (κ1) is 13.5. The van der Waals surface area contributed by atoms with E-state index in [2.05, 4.69) is 38.2 Å². The standard InChI is InChI=1S/C14H25/c1-3-5-7-9-11-13-14-12-10-8-6-4-2/h7,9-10,12H,1,3-6,8,11,13-14H2,2H3/b9-7+,12-10-. The molecule has 0 saturated carbocycles. The highest BCUT2D eigenvalue weighted by Crippen LogP contribution is 2.01. The van der Waals surface area contributed by atoms with Crippen LogP contribution in [0.15, 0.2) is 24.3 Å². The molecule has 0 aromatic rings. The van der Waals surface area contributed by atoms with E-state index < -0.39 is 0 Å². The largest absolute Gasteiger partial charge is 0.0885 e. The lowest BCUT2D eigenvalue weighted by molar-refractivity contribution is 0.805. The lowest BCUT2D eigenvalue weighted by Gasteiger charge is -1.91. The number of allylic oxidation sites excluding steroid dienone is 4. The molecule has 1 radical (unpaired) electrons. The molecule has 0 unspecified atom stereocenters. The molecule has 81 valence electrons. The van der Waals surface area contributed by atoms with E-state index in [-0.39, 0.29) is 0 Å². The van der Waals surface area contributed by atoms with Crippen molar-refractivity contribution >= 4 is 0 Å². The molecule has 0 aliphatic carbocycles. The van der Waals surface area contributed by atoms with Crippen molar-refractivity contribution in [3.8, 4) is 0 Å². The molecule has 0 amide bonds. The average molecular weight is 193 g/mol. The maximum Gasteiger partial charge on any atom is -0.0348 e. The van der Waals surface area contributed by atoms with E-state index >= 15 is 0 Å². The first-order chi connectivity index (χ1) is 6.91. The van der Waals surface area contributed by atoms with E-state index in [0.29, 0.717) is 0 Å². The molecule has 0 aliphatic heterocycles. The highest BCUT2D eigenvalue weighted by Gasteiger charge is 1.81. The van der Waals surface area contributed by atoms with Crippen LogP contribution in [-0.2, 0) is 0 Å². The minimum Gasteiger partial charge on any atom is -0.0885 e. The fourth-order valence-electron chi connectivity index (χ4n) is 1.26. The Morgan fingerprint density at radius 2 is 1.29 bits per heavy atom. The molecule has 0 N–H and O–H groups in total. The lowest BCUT2D eigenvalue weighted by Crippen LogP contribution is -1.71. The predicted octanol–water partition coefficient (Wildman–Crippen LogP) is 5.07. The van der Waals surface area contributed by atoms with Crippen molar-refractivity contribution in [1.82, 2.24) is 0 Å². The highest BCUT2D eigenvalue weighted by atomic mass is 13.9. The predicted molar refractivity (Wildman–Crippen MR) is 66.2 cm³/mol. The molecule has 0 aromatic carbocycles. The Morgan fingerprint density at radius 1 is 0.786 bits per heavy atom. The average Bonchev–Trinajstić information content (AvgIpc) is 2.21. The van der Waals surface area contributed by atoms with Gasteiger partial charge in [-0.05, 0) is 38.5 Å². The number of rotatable bonds is 9. The zero-order valence-corrected chi connectivity index (χ0v) is 9.67. The van der Waals surface area contributed by atoms with Crippen LogP contribution in [0, 0.1) is 6.92 Å². The van der Waals surface area contributed by atoms with Gasteiger partial charge < -0.3 is 0 Å². The first-order valence-corrected chi connectivity index (χ1v) is 6.01. The summed E-state index contributed by atoms with van der Waals surface area (Å²) in [4.78, 5) is 0. The minimum absolute atomic E-state index is 1.02. The molecule has 0 saturated heterocycles. The van der Waals surface area contributed by atoms with Gasteiger partial charge in [0.15, 0.2) is 0 Å². The highest BCUT2D eigenvalue weighted by molar-refractivity contribution is 4.85. The number of hydrogen-bond acceptors (Lipinski definition) is 0. The van der Waals surface area contributed by atoms with Gasteiger partial charge in [0.05, 0.1) is 0 Å². The third-order valence-electron chi connectivity index (χ3n) is 2.17. The molecule has 0 aliphatic rings.